The van der Waals surface area contributed by atoms with Crippen LogP contribution in [0.3, 0.4) is 0 Å². The summed E-state index contributed by atoms with van der Waals surface area (Å²) in [5.41, 5.74) is 5.66. The molecule has 62 valence electrons. The number of hydrogen-bond donors (Lipinski definition) is 1. The van der Waals surface area contributed by atoms with Crippen molar-refractivity contribution in [3.63, 3.8) is 0 Å². The van der Waals surface area contributed by atoms with Gasteiger partial charge in [0, 0.05) is 12.1 Å². The van der Waals surface area contributed by atoms with Gasteiger partial charge >= 0.3 is 0 Å². The summed E-state index contributed by atoms with van der Waals surface area (Å²) in [5.74, 6) is 0. The second-order valence-corrected chi connectivity index (χ2v) is 3.14. The molecule has 0 amide bonds. The number of rotatable bonds is 4. The second-order valence-electron chi connectivity index (χ2n) is 3.14. The molecule has 0 aliphatic heterocycles. The molecular formula is C8H20N2. The van der Waals surface area contributed by atoms with Crippen LogP contribution in [0.25, 0.3) is 0 Å². The smallest absolute Gasteiger partial charge is 0.00783 e. The summed E-state index contributed by atoms with van der Waals surface area (Å²) in [6.45, 7) is 7.54. The maximum absolute atomic E-state index is 5.66. The quantitative estimate of drug-likeness (QED) is 0.639. The van der Waals surface area contributed by atoms with Gasteiger partial charge in [-0.25, -0.2) is 0 Å². The molecule has 0 saturated carbocycles. The first-order valence-electron chi connectivity index (χ1n) is 4.03. The Balaban J connectivity index is 3.50. The van der Waals surface area contributed by atoms with Gasteiger partial charge in [-0.1, -0.05) is 6.92 Å². The average Bonchev–Trinajstić information content (AvgIpc) is 1.85. The van der Waals surface area contributed by atoms with Crippen LogP contribution >= 0.6 is 0 Å². The molecule has 0 aromatic rings. The number of nitrogens with zero attached hydrogens (tertiary/aromatic N) is 1. The highest BCUT2D eigenvalue weighted by Crippen LogP contribution is 2.01. The molecule has 0 aromatic heterocycles. The van der Waals surface area contributed by atoms with Crippen LogP contribution in [0.5, 0.6) is 0 Å². The molecular weight excluding hydrogens is 124 g/mol. The van der Waals surface area contributed by atoms with Gasteiger partial charge in [0.2, 0.25) is 0 Å². The molecule has 0 fully saturated rings. The highest BCUT2D eigenvalue weighted by Gasteiger charge is 2.08. The Morgan fingerprint density at radius 1 is 1.40 bits per heavy atom. The Labute approximate surface area is 64.4 Å². The van der Waals surface area contributed by atoms with Crippen LogP contribution in [0.1, 0.15) is 27.2 Å². The predicted octanol–water partition coefficient (Wildman–Crippen LogP) is 1.06. The lowest BCUT2D eigenvalue weighted by Gasteiger charge is -2.24. The lowest BCUT2D eigenvalue weighted by Crippen LogP contribution is -2.33. The van der Waals surface area contributed by atoms with E-state index in [1.807, 2.05) is 0 Å². The van der Waals surface area contributed by atoms with Gasteiger partial charge in [-0.3, -0.25) is 0 Å². The Kier molecular flexibility index (Phi) is 4.65. The van der Waals surface area contributed by atoms with E-state index in [0.717, 1.165) is 13.0 Å². The zero-order valence-electron chi connectivity index (χ0n) is 7.59. The molecule has 0 bridgehead atoms. The van der Waals surface area contributed by atoms with Crippen molar-refractivity contribution in [1.29, 1.82) is 0 Å². The van der Waals surface area contributed by atoms with E-state index < -0.39 is 0 Å². The Morgan fingerprint density at radius 2 is 1.90 bits per heavy atom. The van der Waals surface area contributed by atoms with Crippen molar-refractivity contribution in [2.24, 2.45) is 5.73 Å². The lowest BCUT2D eigenvalue weighted by molar-refractivity contribution is 0.250. The van der Waals surface area contributed by atoms with Gasteiger partial charge in [-0.05, 0) is 33.9 Å². The van der Waals surface area contributed by atoms with E-state index in [9.17, 15) is 0 Å². The van der Waals surface area contributed by atoms with Crippen molar-refractivity contribution < 1.29 is 0 Å². The van der Waals surface area contributed by atoms with Crippen molar-refractivity contribution in [1.82, 2.24) is 4.90 Å². The molecule has 0 aliphatic rings. The molecule has 2 atom stereocenters. The maximum Gasteiger partial charge on any atom is 0.00783 e. The van der Waals surface area contributed by atoms with E-state index in [2.05, 4.69) is 32.7 Å². The molecule has 0 heterocycles. The van der Waals surface area contributed by atoms with E-state index in [-0.39, 0.29) is 0 Å². The molecule has 2 N–H and O–H groups in total. The van der Waals surface area contributed by atoms with Gasteiger partial charge in [-0.15, -0.1) is 0 Å². The minimum atomic E-state index is 0.323. The van der Waals surface area contributed by atoms with Gasteiger partial charge < -0.3 is 10.6 Å². The molecule has 2 heteroatoms. The Morgan fingerprint density at radius 3 is 2.20 bits per heavy atom. The summed E-state index contributed by atoms with van der Waals surface area (Å²) < 4.78 is 0. The highest BCUT2D eigenvalue weighted by atomic mass is 15.1. The normalized spacial score (nSPS) is 17.4. The van der Waals surface area contributed by atoms with Crippen LogP contribution in [0.15, 0.2) is 0 Å². The summed E-state index contributed by atoms with van der Waals surface area (Å²) in [7, 11) is 2.13. The Bertz CT molecular complexity index is 81.3. The number of nitrogens with two attached hydrogens (primary N) is 1. The molecule has 0 spiro atoms. The van der Waals surface area contributed by atoms with E-state index in [1.54, 1.807) is 0 Å². The van der Waals surface area contributed by atoms with Gasteiger partial charge in [0.05, 0.1) is 0 Å². The maximum atomic E-state index is 5.66. The first kappa shape index (κ1) is 9.92. The van der Waals surface area contributed by atoms with E-state index in [0.29, 0.717) is 12.1 Å². The topological polar surface area (TPSA) is 29.3 Å². The molecule has 2 unspecified atom stereocenters. The summed E-state index contributed by atoms with van der Waals surface area (Å²) in [4.78, 5) is 2.31. The van der Waals surface area contributed by atoms with Crippen molar-refractivity contribution in [3.8, 4) is 0 Å². The predicted molar refractivity (Wildman–Crippen MR) is 46.0 cm³/mol. The monoisotopic (exact) mass is 144 g/mol. The summed E-state index contributed by atoms with van der Waals surface area (Å²) >= 11 is 0. The zero-order chi connectivity index (χ0) is 8.15. The van der Waals surface area contributed by atoms with Gasteiger partial charge in [0.15, 0.2) is 0 Å². The van der Waals surface area contributed by atoms with Crippen LogP contribution in [0.4, 0.5) is 0 Å². The standard InChI is InChI=1S/C8H20N2/c1-5-10(4)8(3)6-7(2)9/h7-8H,5-6,9H2,1-4H3. The summed E-state index contributed by atoms with van der Waals surface area (Å²) in [6.07, 6.45) is 1.09. The largest absolute Gasteiger partial charge is 0.328 e. The zero-order valence-corrected chi connectivity index (χ0v) is 7.59. The summed E-state index contributed by atoms with van der Waals surface area (Å²) in [5, 5.41) is 0. The van der Waals surface area contributed by atoms with Gasteiger partial charge in [0.1, 0.15) is 0 Å². The Hall–Kier alpha value is -0.0800. The fourth-order valence-corrected chi connectivity index (χ4v) is 1.03. The van der Waals surface area contributed by atoms with Crippen molar-refractivity contribution in [3.05, 3.63) is 0 Å². The van der Waals surface area contributed by atoms with Gasteiger partial charge in [0.25, 0.3) is 0 Å². The average molecular weight is 144 g/mol. The van der Waals surface area contributed by atoms with Crippen molar-refractivity contribution in [2.75, 3.05) is 13.6 Å². The van der Waals surface area contributed by atoms with E-state index in [4.69, 9.17) is 5.73 Å². The second kappa shape index (κ2) is 4.69. The van der Waals surface area contributed by atoms with E-state index >= 15 is 0 Å². The summed E-state index contributed by atoms with van der Waals surface area (Å²) in [6, 6.07) is 0.939. The van der Waals surface area contributed by atoms with Crippen molar-refractivity contribution in [2.45, 2.75) is 39.3 Å². The molecule has 0 aliphatic carbocycles. The molecule has 10 heavy (non-hydrogen) atoms. The first-order valence-corrected chi connectivity index (χ1v) is 4.03. The highest BCUT2D eigenvalue weighted by molar-refractivity contribution is 4.66. The van der Waals surface area contributed by atoms with Crippen LogP contribution in [0.2, 0.25) is 0 Å². The minimum absolute atomic E-state index is 0.323. The van der Waals surface area contributed by atoms with Crippen molar-refractivity contribution >= 4 is 0 Å². The van der Waals surface area contributed by atoms with Crippen LogP contribution in [-0.2, 0) is 0 Å². The van der Waals surface area contributed by atoms with E-state index in [1.165, 1.54) is 0 Å². The molecule has 2 nitrogen and oxygen atoms in total. The van der Waals surface area contributed by atoms with Crippen LogP contribution in [-0.4, -0.2) is 30.6 Å². The fourth-order valence-electron chi connectivity index (χ4n) is 1.03. The molecule has 0 radical (unpaired) electrons. The fraction of sp³-hybridized carbons (Fsp3) is 1.00. The lowest BCUT2D eigenvalue weighted by atomic mass is 10.1. The SMILES string of the molecule is CCN(C)C(C)CC(C)N. The third-order valence-corrected chi connectivity index (χ3v) is 1.96. The third kappa shape index (κ3) is 3.85. The molecule has 0 saturated heterocycles. The first-order chi connectivity index (χ1) is 4.57. The van der Waals surface area contributed by atoms with Gasteiger partial charge in [-0.2, -0.15) is 0 Å². The number of hydrogen-bond acceptors (Lipinski definition) is 2. The molecule has 0 rings (SSSR count). The van der Waals surface area contributed by atoms with Crippen LogP contribution < -0.4 is 5.73 Å². The minimum Gasteiger partial charge on any atom is -0.328 e. The van der Waals surface area contributed by atoms with Crippen LogP contribution in [0, 0.1) is 0 Å². The third-order valence-electron chi connectivity index (χ3n) is 1.96. The molecule has 0 aromatic carbocycles.